The fraction of sp³-hybridized carbons (Fsp3) is 0.235. The Morgan fingerprint density at radius 1 is 1.12 bits per heavy atom. The fourth-order valence-electron chi connectivity index (χ4n) is 2.74. The van der Waals surface area contributed by atoms with E-state index in [0.717, 1.165) is 17.9 Å². The summed E-state index contributed by atoms with van der Waals surface area (Å²) < 4.78 is 18.4. The van der Waals surface area contributed by atoms with Crippen molar-refractivity contribution in [2.45, 2.75) is 12.5 Å². The zero-order valence-electron chi connectivity index (χ0n) is 13.2. The van der Waals surface area contributed by atoms with Crippen molar-refractivity contribution in [3.8, 4) is 6.01 Å². The molecule has 7 nitrogen and oxygen atoms in total. The van der Waals surface area contributed by atoms with Crippen LogP contribution in [0, 0.1) is 5.82 Å². The van der Waals surface area contributed by atoms with E-state index in [-0.39, 0.29) is 18.0 Å². The lowest BCUT2D eigenvalue weighted by atomic mass is 10.3. The van der Waals surface area contributed by atoms with Gasteiger partial charge in [-0.25, -0.2) is 19.3 Å². The van der Waals surface area contributed by atoms with Crippen LogP contribution >= 0.6 is 0 Å². The van der Waals surface area contributed by atoms with E-state index in [1.165, 1.54) is 6.20 Å². The summed E-state index contributed by atoms with van der Waals surface area (Å²) in [6.07, 6.45) is 3.99. The second kappa shape index (κ2) is 6.39. The number of para-hydroxylation sites is 2. The highest BCUT2D eigenvalue weighted by Crippen LogP contribution is 2.17. The van der Waals surface area contributed by atoms with Gasteiger partial charge in [0.2, 0.25) is 0 Å². The number of carbonyl (C=O) groups excluding carboxylic acids is 1. The van der Waals surface area contributed by atoms with E-state index in [9.17, 15) is 9.18 Å². The molecule has 1 aliphatic heterocycles. The number of carbonyl (C=O) groups is 1. The summed E-state index contributed by atoms with van der Waals surface area (Å²) in [6, 6.07) is 7.50. The maximum atomic E-state index is 12.8. The lowest BCUT2D eigenvalue weighted by Gasteiger charge is -2.16. The van der Waals surface area contributed by atoms with Gasteiger partial charge in [0.25, 0.3) is 5.91 Å². The molecule has 0 bridgehead atoms. The number of likely N-dealkylation sites (tertiary alicyclic amines) is 1. The van der Waals surface area contributed by atoms with Gasteiger partial charge in [0, 0.05) is 13.0 Å². The Morgan fingerprint density at radius 2 is 1.88 bits per heavy atom. The first-order chi connectivity index (χ1) is 12.2. The molecule has 0 N–H and O–H groups in total. The summed E-state index contributed by atoms with van der Waals surface area (Å²) >= 11 is 0. The van der Waals surface area contributed by atoms with Crippen LogP contribution in [0.5, 0.6) is 6.01 Å². The van der Waals surface area contributed by atoms with Crippen LogP contribution in [0.1, 0.15) is 16.9 Å². The predicted octanol–water partition coefficient (Wildman–Crippen LogP) is 1.85. The molecule has 1 atom stereocenters. The van der Waals surface area contributed by atoms with Gasteiger partial charge >= 0.3 is 6.01 Å². The lowest BCUT2D eigenvalue weighted by Crippen LogP contribution is -2.31. The summed E-state index contributed by atoms with van der Waals surface area (Å²) in [5, 5.41) is 0. The Morgan fingerprint density at radius 3 is 2.68 bits per heavy atom. The number of halogens is 1. The van der Waals surface area contributed by atoms with Crippen LogP contribution in [0.25, 0.3) is 11.0 Å². The summed E-state index contributed by atoms with van der Waals surface area (Å²) in [4.78, 5) is 30.5. The predicted molar refractivity (Wildman–Crippen MR) is 86.5 cm³/mol. The molecule has 3 aromatic rings. The summed E-state index contributed by atoms with van der Waals surface area (Å²) in [5.41, 5.74) is 1.73. The van der Waals surface area contributed by atoms with E-state index >= 15 is 0 Å². The van der Waals surface area contributed by atoms with Crippen molar-refractivity contribution < 1.29 is 13.9 Å². The van der Waals surface area contributed by atoms with Gasteiger partial charge in [0.05, 0.1) is 36.2 Å². The Hall–Kier alpha value is -3.16. The van der Waals surface area contributed by atoms with E-state index in [1.54, 1.807) is 4.90 Å². The zero-order valence-corrected chi connectivity index (χ0v) is 13.2. The smallest absolute Gasteiger partial charge is 0.316 e. The number of hydrogen-bond donors (Lipinski definition) is 0. The molecule has 1 amide bonds. The minimum atomic E-state index is -0.523. The Bertz CT molecular complexity index is 918. The van der Waals surface area contributed by atoms with Crippen molar-refractivity contribution >= 4 is 16.9 Å². The number of aromatic nitrogens is 4. The topological polar surface area (TPSA) is 81.1 Å². The minimum Gasteiger partial charge on any atom is -0.458 e. The third kappa shape index (κ3) is 3.23. The normalized spacial score (nSPS) is 17.0. The molecule has 2 aromatic heterocycles. The quantitative estimate of drug-likeness (QED) is 0.724. The SMILES string of the molecule is O=C(c1cnc2ccccc2n1)N1CC[C@H](Oc2ncc(F)cn2)C1. The van der Waals surface area contributed by atoms with Crippen molar-refractivity contribution in [3.63, 3.8) is 0 Å². The molecule has 25 heavy (non-hydrogen) atoms. The molecule has 0 radical (unpaired) electrons. The molecule has 0 spiro atoms. The highest BCUT2D eigenvalue weighted by atomic mass is 19.1. The molecule has 1 aliphatic rings. The third-order valence-corrected chi connectivity index (χ3v) is 3.97. The molecular formula is C17H14FN5O2. The minimum absolute atomic E-state index is 0.103. The third-order valence-electron chi connectivity index (χ3n) is 3.97. The molecule has 1 saturated heterocycles. The molecule has 3 heterocycles. The van der Waals surface area contributed by atoms with Crippen LogP contribution in [0.2, 0.25) is 0 Å². The van der Waals surface area contributed by atoms with Crippen LogP contribution in [-0.2, 0) is 0 Å². The Kier molecular flexibility index (Phi) is 3.93. The number of ether oxygens (including phenoxy) is 1. The van der Waals surface area contributed by atoms with Gasteiger partial charge in [-0.15, -0.1) is 0 Å². The average Bonchev–Trinajstić information content (AvgIpc) is 3.11. The number of benzene rings is 1. The number of nitrogens with zero attached hydrogens (tertiary/aromatic N) is 5. The van der Waals surface area contributed by atoms with Gasteiger partial charge in [-0.3, -0.25) is 9.78 Å². The highest BCUT2D eigenvalue weighted by Gasteiger charge is 2.29. The molecule has 0 saturated carbocycles. The van der Waals surface area contributed by atoms with Gasteiger partial charge in [-0.05, 0) is 12.1 Å². The number of amides is 1. The number of hydrogen-bond acceptors (Lipinski definition) is 6. The van der Waals surface area contributed by atoms with Crippen LogP contribution in [0.4, 0.5) is 4.39 Å². The molecule has 0 aliphatic carbocycles. The largest absolute Gasteiger partial charge is 0.458 e. The van der Waals surface area contributed by atoms with Crippen LogP contribution in [-0.4, -0.2) is 49.9 Å². The number of rotatable bonds is 3. The molecule has 4 rings (SSSR count). The first-order valence-corrected chi connectivity index (χ1v) is 7.84. The van der Waals surface area contributed by atoms with E-state index in [1.807, 2.05) is 24.3 Å². The molecule has 126 valence electrons. The van der Waals surface area contributed by atoms with Crippen molar-refractivity contribution in [3.05, 3.63) is 54.4 Å². The van der Waals surface area contributed by atoms with Crippen molar-refractivity contribution in [1.29, 1.82) is 0 Å². The highest BCUT2D eigenvalue weighted by molar-refractivity contribution is 5.94. The molecule has 0 unspecified atom stereocenters. The van der Waals surface area contributed by atoms with E-state index in [0.29, 0.717) is 30.7 Å². The summed E-state index contributed by atoms with van der Waals surface area (Å²) in [6.45, 7) is 0.938. The van der Waals surface area contributed by atoms with E-state index < -0.39 is 5.82 Å². The summed E-state index contributed by atoms with van der Waals surface area (Å²) in [5.74, 6) is -0.713. The van der Waals surface area contributed by atoms with Crippen LogP contribution in [0.15, 0.2) is 42.9 Å². The van der Waals surface area contributed by atoms with Crippen molar-refractivity contribution in [2.75, 3.05) is 13.1 Å². The standard InChI is InChI=1S/C17H14FN5O2/c18-11-7-20-17(21-8-11)25-12-5-6-23(10-12)16(24)15-9-19-13-3-1-2-4-14(13)22-15/h1-4,7-9,12H,5-6,10H2/t12-/m0/s1. The van der Waals surface area contributed by atoms with Gasteiger partial charge in [0.1, 0.15) is 11.8 Å². The van der Waals surface area contributed by atoms with Gasteiger partial charge < -0.3 is 9.64 Å². The van der Waals surface area contributed by atoms with E-state index in [4.69, 9.17) is 4.74 Å². The van der Waals surface area contributed by atoms with Crippen LogP contribution < -0.4 is 4.74 Å². The number of fused-ring (bicyclic) bond motifs is 1. The van der Waals surface area contributed by atoms with Gasteiger partial charge in [0.15, 0.2) is 5.82 Å². The molecule has 1 fully saturated rings. The monoisotopic (exact) mass is 339 g/mol. The van der Waals surface area contributed by atoms with Crippen LogP contribution in [0.3, 0.4) is 0 Å². The maximum absolute atomic E-state index is 12.8. The first kappa shape index (κ1) is 15.4. The van der Waals surface area contributed by atoms with Gasteiger partial charge in [-0.1, -0.05) is 12.1 Å². The summed E-state index contributed by atoms with van der Waals surface area (Å²) in [7, 11) is 0. The molecular weight excluding hydrogens is 325 g/mol. The maximum Gasteiger partial charge on any atom is 0.316 e. The average molecular weight is 339 g/mol. The lowest BCUT2D eigenvalue weighted by molar-refractivity contribution is 0.0764. The zero-order chi connectivity index (χ0) is 17.2. The molecule has 1 aromatic carbocycles. The Labute approximate surface area is 142 Å². The fourth-order valence-corrected chi connectivity index (χ4v) is 2.74. The Balaban J connectivity index is 1.45. The molecule has 8 heteroatoms. The second-order valence-corrected chi connectivity index (χ2v) is 5.71. The van der Waals surface area contributed by atoms with Crippen molar-refractivity contribution in [1.82, 2.24) is 24.8 Å². The van der Waals surface area contributed by atoms with Crippen molar-refractivity contribution in [2.24, 2.45) is 0 Å². The first-order valence-electron chi connectivity index (χ1n) is 7.84. The van der Waals surface area contributed by atoms with E-state index in [2.05, 4.69) is 19.9 Å². The van der Waals surface area contributed by atoms with Gasteiger partial charge in [-0.2, -0.15) is 0 Å². The second-order valence-electron chi connectivity index (χ2n) is 5.71.